The van der Waals surface area contributed by atoms with E-state index >= 15 is 0 Å². The highest BCUT2D eigenvalue weighted by Gasteiger charge is 2.53. The van der Waals surface area contributed by atoms with Crippen LogP contribution in [0.2, 0.25) is 0 Å². The van der Waals surface area contributed by atoms with Crippen molar-refractivity contribution < 1.29 is 47.6 Å². The van der Waals surface area contributed by atoms with Gasteiger partial charge in [-0.15, -0.1) is 0 Å². The summed E-state index contributed by atoms with van der Waals surface area (Å²) in [6.07, 6.45) is -6.22. The number of carbonyl (C=O) groups is 4. The van der Waals surface area contributed by atoms with Crippen LogP contribution in [-0.4, -0.2) is 61.2 Å². The van der Waals surface area contributed by atoms with E-state index in [1.807, 2.05) is 0 Å². The third-order valence-corrected chi connectivity index (χ3v) is 5.20. The Morgan fingerprint density at radius 3 is 1.94 bits per heavy atom. The summed E-state index contributed by atoms with van der Waals surface area (Å²) in [5.74, 6) is -2.41. The maximum Gasteiger partial charge on any atom is 0.303 e. The molecule has 0 bridgehead atoms. The third-order valence-electron chi connectivity index (χ3n) is 4.09. The minimum absolute atomic E-state index is 0.328. The van der Waals surface area contributed by atoms with E-state index in [2.05, 4.69) is 31.9 Å². The third kappa shape index (κ3) is 7.45. The van der Waals surface area contributed by atoms with Crippen molar-refractivity contribution in [1.29, 1.82) is 0 Å². The van der Waals surface area contributed by atoms with Crippen molar-refractivity contribution in [3.05, 3.63) is 27.1 Å². The van der Waals surface area contributed by atoms with E-state index in [0.29, 0.717) is 10.2 Å². The molecule has 176 valence electrons. The zero-order valence-electron chi connectivity index (χ0n) is 17.7. The number of hydrogen-bond acceptors (Lipinski definition) is 10. The van der Waals surface area contributed by atoms with Crippen LogP contribution in [0.3, 0.4) is 0 Å². The van der Waals surface area contributed by atoms with E-state index in [9.17, 15) is 19.2 Å². The number of esters is 4. The number of ether oxygens (including phenoxy) is 6. The van der Waals surface area contributed by atoms with Gasteiger partial charge < -0.3 is 28.4 Å². The number of hydrogen-bond donors (Lipinski definition) is 0. The standard InChI is InChI=1S/C20H22Br2O10/c1-9(23)27-8-16-17(28-10(2)24)18(29-11(3)25)19(30-12(4)26)20(32-16)31-15-6-5-13(21)7-14(15)22/h5-7,16-20H,8H2,1-4H3/t16-,17+,18-,19-,20+/m0/s1. The predicted octanol–water partition coefficient (Wildman–Crippen LogP) is 2.67. The second-order valence-corrected chi connectivity index (χ2v) is 8.53. The zero-order chi connectivity index (χ0) is 24.0. The smallest absolute Gasteiger partial charge is 0.303 e. The summed E-state index contributed by atoms with van der Waals surface area (Å²) < 4.78 is 34.2. The molecule has 0 unspecified atom stereocenters. The van der Waals surface area contributed by atoms with Gasteiger partial charge in [0.1, 0.15) is 18.5 Å². The Bertz CT molecular complexity index is 874. The van der Waals surface area contributed by atoms with Gasteiger partial charge in [-0.1, -0.05) is 15.9 Å². The van der Waals surface area contributed by atoms with Crippen LogP contribution < -0.4 is 4.74 Å². The molecular formula is C20H22Br2O10. The van der Waals surface area contributed by atoms with Gasteiger partial charge in [0, 0.05) is 32.2 Å². The van der Waals surface area contributed by atoms with Gasteiger partial charge in [0.15, 0.2) is 12.2 Å². The normalized spacial score (nSPS) is 24.8. The van der Waals surface area contributed by atoms with Crippen LogP contribution in [-0.2, 0) is 42.9 Å². The maximum absolute atomic E-state index is 11.8. The molecule has 32 heavy (non-hydrogen) atoms. The molecule has 1 aromatic rings. The van der Waals surface area contributed by atoms with Gasteiger partial charge in [-0.05, 0) is 34.1 Å². The number of halogens is 2. The maximum atomic E-state index is 11.8. The lowest BCUT2D eigenvalue weighted by atomic mass is 9.98. The van der Waals surface area contributed by atoms with E-state index in [4.69, 9.17) is 28.4 Å². The lowest BCUT2D eigenvalue weighted by molar-refractivity contribution is -0.288. The molecule has 0 amide bonds. The Kier molecular flexibility index (Phi) is 9.47. The van der Waals surface area contributed by atoms with E-state index in [-0.39, 0.29) is 6.61 Å². The van der Waals surface area contributed by atoms with Crippen LogP contribution >= 0.6 is 31.9 Å². The molecule has 0 aromatic heterocycles. The van der Waals surface area contributed by atoms with Crippen LogP contribution in [0.15, 0.2) is 27.1 Å². The molecule has 0 radical (unpaired) electrons. The Hall–Kier alpha value is -2.18. The highest BCUT2D eigenvalue weighted by Crippen LogP contribution is 2.34. The fourth-order valence-electron chi connectivity index (χ4n) is 2.98. The molecule has 1 heterocycles. The van der Waals surface area contributed by atoms with E-state index in [1.54, 1.807) is 18.2 Å². The molecule has 10 nitrogen and oxygen atoms in total. The monoisotopic (exact) mass is 580 g/mol. The van der Waals surface area contributed by atoms with Gasteiger partial charge in [-0.25, -0.2) is 0 Å². The van der Waals surface area contributed by atoms with Gasteiger partial charge in [0.05, 0.1) is 4.47 Å². The molecule has 0 aliphatic carbocycles. The summed E-state index contributed by atoms with van der Waals surface area (Å²) in [4.78, 5) is 46.7. The molecule has 12 heteroatoms. The summed E-state index contributed by atoms with van der Waals surface area (Å²) in [7, 11) is 0. The van der Waals surface area contributed by atoms with Crippen molar-refractivity contribution in [2.24, 2.45) is 0 Å². The van der Waals surface area contributed by atoms with Crippen molar-refractivity contribution in [2.45, 2.75) is 58.4 Å². The van der Waals surface area contributed by atoms with Crippen molar-refractivity contribution >= 4 is 55.7 Å². The van der Waals surface area contributed by atoms with Crippen LogP contribution in [0.25, 0.3) is 0 Å². The van der Waals surface area contributed by atoms with Gasteiger partial charge >= 0.3 is 23.9 Å². The summed E-state index contributed by atoms with van der Waals surface area (Å²) in [5, 5.41) is 0. The van der Waals surface area contributed by atoms with Gasteiger partial charge in [0.2, 0.25) is 12.4 Å². The SMILES string of the molecule is CC(=O)OC[C@@H]1O[C@@H](Oc2ccc(Br)cc2Br)[C@@H](OC(C)=O)[C@@H](OC(C)=O)[C@@H]1OC(C)=O. The van der Waals surface area contributed by atoms with Gasteiger partial charge in [-0.3, -0.25) is 19.2 Å². The molecule has 1 aromatic carbocycles. The lowest BCUT2D eigenvalue weighted by Crippen LogP contribution is -2.63. The Morgan fingerprint density at radius 1 is 0.844 bits per heavy atom. The number of rotatable bonds is 7. The zero-order valence-corrected chi connectivity index (χ0v) is 20.8. The number of carbonyl (C=O) groups excluding carboxylic acids is 4. The molecule has 1 aliphatic heterocycles. The first kappa shape index (κ1) is 26.1. The average Bonchev–Trinajstić information content (AvgIpc) is 2.65. The Morgan fingerprint density at radius 2 is 1.41 bits per heavy atom. The molecular weight excluding hydrogens is 560 g/mol. The molecule has 0 spiro atoms. The molecule has 2 rings (SSSR count). The summed E-state index contributed by atoms with van der Waals surface area (Å²) in [5.41, 5.74) is 0. The van der Waals surface area contributed by atoms with Crippen LogP contribution in [0.4, 0.5) is 0 Å². The van der Waals surface area contributed by atoms with Crippen molar-refractivity contribution in [3.63, 3.8) is 0 Å². The molecule has 5 atom stereocenters. The fourth-order valence-corrected chi connectivity index (χ4v) is 4.12. The first-order chi connectivity index (χ1) is 15.0. The van der Waals surface area contributed by atoms with E-state index < -0.39 is 54.6 Å². The second-order valence-electron chi connectivity index (χ2n) is 6.76. The minimum atomic E-state index is -1.30. The molecule has 1 saturated heterocycles. The highest BCUT2D eigenvalue weighted by molar-refractivity contribution is 9.11. The minimum Gasteiger partial charge on any atom is -0.463 e. The second kappa shape index (κ2) is 11.6. The molecule has 1 aliphatic rings. The van der Waals surface area contributed by atoms with Gasteiger partial charge in [-0.2, -0.15) is 0 Å². The topological polar surface area (TPSA) is 124 Å². The summed E-state index contributed by atoms with van der Waals surface area (Å²) >= 11 is 6.70. The first-order valence-corrected chi connectivity index (χ1v) is 11.0. The fraction of sp³-hybridized carbons (Fsp3) is 0.500. The Labute approximate surface area is 201 Å². The quantitative estimate of drug-likeness (QED) is 0.350. The number of benzene rings is 1. The van der Waals surface area contributed by atoms with Crippen molar-refractivity contribution in [3.8, 4) is 5.75 Å². The summed E-state index contributed by atoms with van der Waals surface area (Å²) in [6, 6.07) is 5.06. The molecule has 0 N–H and O–H groups in total. The first-order valence-electron chi connectivity index (χ1n) is 9.40. The predicted molar refractivity (Wildman–Crippen MR) is 114 cm³/mol. The van der Waals surface area contributed by atoms with Crippen molar-refractivity contribution in [2.75, 3.05) is 6.61 Å². The van der Waals surface area contributed by atoms with Crippen LogP contribution in [0.5, 0.6) is 5.75 Å². The van der Waals surface area contributed by atoms with Crippen LogP contribution in [0, 0.1) is 0 Å². The van der Waals surface area contributed by atoms with Crippen LogP contribution in [0.1, 0.15) is 27.7 Å². The molecule has 1 fully saturated rings. The lowest BCUT2D eigenvalue weighted by Gasteiger charge is -2.44. The molecule has 0 saturated carbocycles. The highest BCUT2D eigenvalue weighted by atomic mass is 79.9. The Balaban J connectivity index is 2.47. The van der Waals surface area contributed by atoms with Crippen molar-refractivity contribution in [1.82, 2.24) is 0 Å². The largest absolute Gasteiger partial charge is 0.463 e. The summed E-state index contributed by atoms with van der Waals surface area (Å²) in [6.45, 7) is 4.31. The van der Waals surface area contributed by atoms with E-state index in [0.717, 1.165) is 25.2 Å². The van der Waals surface area contributed by atoms with Gasteiger partial charge in [0.25, 0.3) is 0 Å². The average molecular weight is 582 g/mol. The van der Waals surface area contributed by atoms with E-state index in [1.165, 1.54) is 6.92 Å².